The number of nitrogens with zero attached hydrogens (tertiary/aromatic N) is 3. The molecule has 2 aromatic carbocycles. The SMILES string of the molecule is COc1cccc(-c2noc(CN(C)S(=O)(=O)c3cc(Br)ccc3OC)n2)c1. The lowest BCUT2D eigenvalue weighted by atomic mass is 10.2. The van der Waals surface area contributed by atoms with Crippen molar-refractivity contribution in [3.05, 3.63) is 52.8 Å². The van der Waals surface area contributed by atoms with Gasteiger partial charge in [-0.05, 0) is 30.3 Å². The zero-order valence-electron chi connectivity index (χ0n) is 15.4. The number of aromatic nitrogens is 2. The first-order chi connectivity index (χ1) is 13.3. The van der Waals surface area contributed by atoms with E-state index in [1.165, 1.54) is 20.2 Å². The molecule has 0 aliphatic carbocycles. The van der Waals surface area contributed by atoms with Crippen LogP contribution in [-0.2, 0) is 16.6 Å². The first-order valence-corrected chi connectivity index (χ1v) is 10.4. The summed E-state index contributed by atoms with van der Waals surface area (Å²) in [6.07, 6.45) is 0. The minimum Gasteiger partial charge on any atom is -0.497 e. The van der Waals surface area contributed by atoms with E-state index in [-0.39, 0.29) is 23.1 Å². The predicted octanol–water partition coefficient (Wildman–Crippen LogP) is 3.34. The number of halogens is 1. The Hall–Kier alpha value is -2.43. The van der Waals surface area contributed by atoms with Crippen LogP contribution in [0.5, 0.6) is 11.5 Å². The summed E-state index contributed by atoms with van der Waals surface area (Å²) in [7, 11) is 0.581. The van der Waals surface area contributed by atoms with Crippen LogP contribution in [0.15, 0.2) is 56.4 Å². The van der Waals surface area contributed by atoms with Crippen molar-refractivity contribution in [2.75, 3.05) is 21.3 Å². The number of rotatable bonds is 7. The molecule has 0 saturated heterocycles. The minimum atomic E-state index is -3.84. The van der Waals surface area contributed by atoms with Gasteiger partial charge in [0.15, 0.2) is 0 Å². The van der Waals surface area contributed by atoms with Crippen LogP contribution in [0.1, 0.15) is 5.89 Å². The van der Waals surface area contributed by atoms with Crippen molar-refractivity contribution in [3.8, 4) is 22.9 Å². The molecule has 0 aliphatic heterocycles. The van der Waals surface area contributed by atoms with Gasteiger partial charge >= 0.3 is 0 Å². The predicted molar refractivity (Wildman–Crippen MR) is 106 cm³/mol. The van der Waals surface area contributed by atoms with Gasteiger partial charge in [0.05, 0.1) is 20.8 Å². The second-order valence-corrected chi connectivity index (χ2v) is 8.73. The van der Waals surface area contributed by atoms with Crippen LogP contribution in [0.3, 0.4) is 0 Å². The molecule has 0 aliphatic rings. The van der Waals surface area contributed by atoms with Crippen molar-refractivity contribution in [1.29, 1.82) is 0 Å². The average molecular weight is 468 g/mol. The van der Waals surface area contributed by atoms with Crippen molar-refractivity contribution < 1.29 is 22.4 Å². The summed E-state index contributed by atoms with van der Waals surface area (Å²) in [5, 5.41) is 3.92. The molecule has 0 amide bonds. The second kappa shape index (κ2) is 8.29. The molecule has 0 radical (unpaired) electrons. The number of hydrogen-bond donors (Lipinski definition) is 0. The Morgan fingerprint density at radius 2 is 1.93 bits per heavy atom. The zero-order valence-corrected chi connectivity index (χ0v) is 17.8. The summed E-state index contributed by atoms with van der Waals surface area (Å²) in [6.45, 7) is -0.0883. The number of sulfonamides is 1. The van der Waals surface area contributed by atoms with Gasteiger partial charge in [0, 0.05) is 17.1 Å². The highest BCUT2D eigenvalue weighted by molar-refractivity contribution is 9.10. The fourth-order valence-corrected chi connectivity index (χ4v) is 4.30. The first-order valence-electron chi connectivity index (χ1n) is 8.12. The Morgan fingerprint density at radius 3 is 2.64 bits per heavy atom. The monoisotopic (exact) mass is 467 g/mol. The van der Waals surface area contributed by atoms with E-state index in [4.69, 9.17) is 14.0 Å². The van der Waals surface area contributed by atoms with Gasteiger partial charge < -0.3 is 14.0 Å². The van der Waals surface area contributed by atoms with Crippen LogP contribution in [0, 0.1) is 0 Å². The lowest BCUT2D eigenvalue weighted by molar-refractivity contribution is 0.335. The fourth-order valence-electron chi connectivity index (χ4n) is 2.49. The molecular formula is C18H18BrN3O5S. The van der Waals surface area contributed by atoms with Crippen molar-refractivity contribution in [3.63, 3.8) is 0 Å². The Bertz CT molecular complexity index is 1080. The van der Waals surface area contributed by atoms with Crippen molar-refractivity contribution in [2.24, 2.45) is 0 Å². The molecule has 0 spiro atoms. The maximum Gasteiger partial charge on any atom is 0.247 e. The van der Waals surface area contributed by atoms with Crippen LogP contribution in [-0.4, -0.2) is 44.1 Å². The van der Waals surface area contributed by atoms with Gasteiger partial charge in [-0.3, -0.25) is 0 Å². The summed E-state index contributed by atoms with van der Waals surface area (Å²) >= 11 is 3.29. The number of hydrogen-bond acceptors (Lipinski definition) is 7. The fraction of sp³-hybridized carbons (Fsp3) is 0.222. The number of ether oxygens (including phenoxy) is 2. The van der Waals surface area contributed by atoms with Gasteiger partial charge in [0.1, 0.15) is 16.4 Å². The highest BCUT2D eigenvalue weighted by Gasteiger charge is 2.27. The van der Waals surface area contributed by atoms with E-state index in [1.54, 1.807) is 37.4 Å². The van der Waals surface area contributed by atoms with Crippen molar-refractivity contribution in [2.45, 2.75) is 11.4 Å². The average Bonchev–Trinajstić information content (AvgIpc) is 3.16. The van der Waals surface area contributed by atoms with Gasteiger partial charge in [0.2, 0.25) is 21.7 Å². The maximum atomic E-state index is 12.9. The molecular weight excluding hydrogens is 450 g/mol. The van der Waals surface area contributed by atoms with E-state index < -0.39 is 10.0 Å². The molecule has 3 rings (SSSR count). The lowest BCUT2D eigenvalue weighted by Gasteiger charge is -2.17. The van der Waals surface area contributed by atoms with Crippen molar-refractivity contribution >= 4 is 26.0 Å². The van der Waals surface area contributed by atoms with E-state index in [0.717, 1.165) is 4.31 Å². The Balaban J connectivity index is 1.84. The molecule has 1 heterocycles. The van der Waals surface area contributed by atoms with Crippen LogP contribution in [0.2, 0.25) is 0 Å². The molecule has 8 nitrogen and oxygen atoms in total. The molecule has 28 heavy (non-hydrogen) atoms. The van der Waals surface area contributed by atoms with E-state index in [1.807, 2.05) is 6.07 Å². The van der Waals surface area contributed by atoms with E-state index in [2.05, 4.69) is 26.1 Å². The summed E-state index contributed by atoms with van der Waals surface area (Å²) in [4.78, 5) is 4.32. The smallest absolute Gasteiger partial charge is 0.247 e. The first kappa shape index (κ1) is 20.3. The molecule has 0 N–H and O–H groups in total. The lowest BCUT2D eigenvalue weighted by Crippen LogP contribution is -2.27. The summed E-state index contributed by atoms with van der Waals surface area (Å²) in [5.41, 5.74) is 0.702. The van der Waals surface area contributed by atoms with Gasteiger partial charge in [-0.1, -0.05) is 33.2 Å². The molecule has 0 atom stereocenters. The standard InChI is InChI=1S/C18H18BrN3O5S/c1-22(28(23,24)16-10-13(19)7-8-15(16)26-3)11-17-20-18(21-27-17)12-5-4-6-14(9-12)25-2/h4-10H,11H2,1-3H3. The van der Waals surface area contributed by atoms with Crippen molar-refractivity contribution in [1.82, 2.24) is 14.4 Å². The third-order valence-electron chi connectivity index (χ3n) is 3.97. The Morgan fingerprint density at radius 1 is 1.14 bits per heavy atom. The van der Waals surface area contributed by atoms with E-state index in [9.17, 15) is 8.42 Å². The Labute approximate surface area is 171 Å². The van der Waals surface area contributed by atoms with E-state index in [0.29, 0.717) is 21.6 Å². The maximum absolute atomic E-state index is 12.9. The van der Waals surface area contributed by atoms with Crippen LogP contribution in [0.25, 0.3) is 11.4 Å². The molecule has 3 aromatic rings. The highest BCUT2D eigenvalue weighted by Crippen LogP contribution is 2.30. The van der Waals surface area contributed by atoms with Gasteiger partial charge in [-0.15, -0.1) is 0 Å². The summed E-state index contributed by atoms with van der Waals surface area (Å²) in [5.74, 6) is 1.42. The quantitative estimate of drug-likeness (QED) is 0.525. The largest absolute Gasteiger partial charge is 0.497 e. The Kier molecular flexibility index (Phi) is 6.01. The zero-order chi connectivity index (χ0) is 20.3. The third-order valence-corrected chi connectivity index (χ3v) is 6.29. The van der Waals surface area contributed by atoms with Crippen LogP contribution < -0.4 is 9.47 Å². The summed E-state index contributed by atoms with van der Waals surface area (Å²) in [6, 6.07) is 12.0. The molecule has 0 bridgehead atoms. The number of methoxy groups -OCH3 is 2. The van der Waals surface area contributed by atoms with Gasteiger partial charge in [-0.25, -0.2) is 8.42 Å². The van der Waals surface area contributed by atoms with E-state index >= 15 is 0 Å². The van der Waals surface area contributed by atoms with Gasteiger partial charge in [-0.2, -0.15) is 9.29 Å². The summed E-state index contributed by atoms with van der Waals surface area (Å²) < 4.78 is 43.2. The minimum absolute atomic E-state index is 0.0411. The molecule has 1 aromatic heterocycles. The van der Waals surface area contributed by atoms with Gasteiger partial charge in [0.25, 0.3) is 0 Å². The number of benzene rings is 2. The normalized spacial score (nSPS) is 11.6. The molecule has 148 valence electrons. The van der Waals surface area contributed by atoms with Crippen LogP contribution in [0.4, 0.5) is 0 Å². The van der Waals surface area contributed by atoms with Crippen LogP contribution >= 0.6 is 15.9 Å². The molecule has 10 heteroatoms. The molecule has 0 fully saturated rings. The second-order valence-electron chi connectivity index (χ2n) is 5.80. The molecule has 0 saturated carbocycles. The third kappa shape index (κ3) is 4.18. The highest BCUT2D eigenvalue weighted by atomic mass is 79.9. The molecule has 0 unspecified atom stereocenters. The topological polar surface area (TPSA) is 94.8 Å².